The van der Waals surface area contributed by atoms with Gasteiger partial charge < -0.3 is 16.4 Å². The van der Waals surface area contributed by atoms with Crippen molar-refractivity contribution in [3.8, 4) is 0 Å². The third-order valence-corrected chi connectivity index (χ3v) is 2.16. The Labute approximate surface area is 95.4 Å². The lowest BCUT2D eigenvalue weighted by Crippen LogP contribution is -2.11. The second-order valence-corrected chi connectivity index (χ2v) is 3.51. The van der Waals surface area contributed by atoms with Gasteiger partial charge in [-0.2, -0.15) is 0 Å². The second kappa shape index (κ2) is 6.66. The standard InChI is InChI=1S/C11H18N4O/c1-13-10-6-4-7-11(15-10)14-8-3-2-5-9(12)16/h4,6-7H,2-3,5,8H2,1H3,(H2,12,16)(H2,13,14,15). The van der Waals surface area contributed by atoms with Crippen molar-refractivity contribution in [2.75, 3.05) is 24.2 Å². The molecule has 1 heterocycles. The van der Waals surface area contributed by atoms with Gasteiger partial charge in [0.25, 0.3) is 0 Å². The molecule has 5 heteroatoms. The van der Waals surface area contributed by atoms with Gasteiger partial charge in [0.1, 0.15) is 11.6 Å². The summed E-state index contributed by atoms with van der Waals surface area (Å²) in [5.41, 5.74) is 5.04. The van der Waals surface area contributed by atoms with Crippen LogP contribution < -0.4 is 16.4 Å². The van der Waals surface area contributed by atoms with Crippen LogP contribution in [0.4, 0.5) is 11.6 Å². The van der Waals surface area contributed by atoms with Gasteiger partial charge in [-0.25, -0.2) is 4.98 Å². The number of anilines is 2. The van der Waals surface area contributed by atoms with Gasteiger partial charge >= 0.3 is 0 Å². The number of nitrogens with zero attached hydrogens (tertiary/aromatic N) is 1. The Balaban J connectivity index is 2.23. The average Bonchev–Trinajstić information content (AvgIpc) is 2.28. The lowest BCUT2D eigenvalue weighted by atomic mass is 10.2. The van der Waals surface area contributed by atoms with E-state index in [9.17, 15) is 4.79 Å². The van der Waals surface area contributed by atoms with Crippen molar-refractivity contribution < 1.29 is 4.79 Å². The summed E-state index contributed by atoms with van der Waals surface area (Å²) in [5, 5.41) is 6.16. The Morgan fingerprint density at radius 3 is 2.81 bits per heavy atom. The summed E-state index contributed by atoms with van der Waals surface area (Å²) in [6, 6.07) is 5.75. The van der Waals surface area contributed by atoms with Crippen LogP contribution in [0.3, 0.4) is 0 Å². The minimum atomic E-state index is -0.240. The number of rotatable bonds is 7. The molecule has 1 aromatic heterocycles. The van der Waals surface area contributed by atoms with E-state index in [1.165, 1.54) is 0 Å². The van der Waals surface area contributed by atoms with Crippen molar-refractivity contribution in [1.29, 1.82) is 0 Å². The minimum absolute atomic E-state index is 0.240. The number of carbonyl (C=O) groups excluding carboxylic acids is 1. The van der Waals surface area contributed by atoms with Gasteiger partial charge in [-0.15, -0.1) is 0 Å². The first kappa shape index (κ1) is 12.3. The lowest BCUT2D eigenvalue weighted by molar-refractivity contribution is -0.118. The first-order valence-corrected chi connectivity index (χ1v) is 5.39. The van der Waals surface area contributed by atoms with Crippen LogP contribution in [0.15, 0.2) is 18.2 Å². The number of primary amides is 1. The van der Waals surface area contributed by atoms with Crippen LogP contribution in [0.5, 0.6) is 0 Å². The number of hydrogen-bond acceptors (Lipinski definition) is 4. The van der Waals surface area contributed by atoms with Gasteiger partial charge in [-0.3, -0.25) is 4.79 Å². The van der Waals surface area contributed by atoms with E-state index in [-0.39, 0.29) is 5.91 Å². The summed E-state index contributed by atoms with van der Waals surface area (Å²) in [4.78, 5) is 14.8. The number of nitrogens with one attached hydrogen (secondary N) is 2. The highest BCUT2D eigenvalue weighted by molar-refractivity contribution is 5.73. The van der Waals surface area contributed by atoms with Crippen molar-refractivity contribution in [3.63, 3.8) is 0 Å². The number of unbranched alkanes of at least 4 members (excludes halogenated alkanes) is 1. The molecule has 0 fully saturated rings. The van der Waals surface area contributed by atoms with Crippen LogP contribution in [-0.4, -0.2) is 24.5 Å². The smallest absolute Gasteiger partial charge is 0.217 e. The van der Waals surface area contributed by atoms with Crippen molar-refractivity contribution in [3.05, 3.63) is 18.2 Å². The number of aromatic nitrogens is 1. The van der Waals surface area contributed by atoms with Crippen molar-refractivity contribution in [2.24, 2.45) is 5.73 Å². The first-order valence-electron chi connectivity index (χ1n) is 5.39. The van der Waals surface area contributed by atoms with Crippen LogP contribution in [-0.2, 0) is 4.79 Å². The molecule has 0 aliphatic carbocycles. The van der Waals surface area contributed by atoms with Gasteiger partial charge in [0.05, 0.1) is 0 Å². The Morgan fingerprint density at radius 1 is 1.38 bits per heavy atom. The quantitative estimate of drug-likeness (QED) is 0.605. The fraction of sp³-hybridized carbons (Fsp3) is 0.455. The molecule has 0 spiro atoms. The maximum absolute atomic E-state index is 10.5. The summed E-state index contributed by atoms with van der Waals surface area (Å²) in [6.07, 6.45) is 2.17. The summed E-state index contributed by atoms with van der Waals surface area (Å²) in [7, 11) is 1.83. The molecule has 0 saturated heterocycles. The maximum atomic E-state index is 10.5. The predicted octanol–water partition coefficient (Wildman–Crippen LogP) is 1.19. The van der Waals surface area contributed by atoms with Gasteiger partial charge in [-0.05, 0) is 25.0 Å². The Bertz CT molecular complexity index is 341. The summed E-state index contributed by atoms with van der Waals surface area (Å²) < 4.78 is 0. The highest BCUT2D eigenvalue weighted by Crippen LogP contribution is 2.08. The molecular formula is C11H18N4O. The van der Waals surface area contributed by atoms with Crippen molar-refractivity contribution in [1.82, 2.24) is 4.98 Å². The van der Waals surface area contributed by atoms with E-state index in [1.54, 1.807) is 0 Å². The fourth-order valence-corrected chi connectivity index (χ4v) is 1.31. The number of pyridine rings is 1. The average molecular weight is 222 g/mol. The molecular weight excluding hydrogens is 204 g/mol. The van der Waals surface area contributed by atoms with E-state index in [4.69, 9.17) is 5.73 Å². The van der Waals surface area contributed by atoms with E-state index < -0.39 is 0 Å². The van der Waals surface area contributed by atoms with Gasteiger partial charge in [0, 0.05) is 20.0 Å². The lowest BCUT2D eigenvalue weighted by Gasteiger charge is -2.06. The number of hydrogen-bond donors (Lipinski definition) is 3. The predicted molar refractivity (Wildman–Crippen MR) is 65.3 cm³/mol. The van der Waals surface area contributed by atoms with E-state index in [2.05, 4.69) is 15.6 Å². The molecule has 1 amide bonds. The Kier molecular flexibility index (Phi) is 5.11. The van der Waals surface area contributed by atoms with Crippen LogP contribution in [0, 0.1) is 0 Å². The zero-order valence-electron chi connectivity index (χ0n) is 9.49. The van der Waals surface area contributed by atoms with Gasteiger partial charge in [-0.1, -0.05) is 6.07 Å². The van der Waals surface area contributed by atoms with Crippen molar-refractivity contribution >= 4 is 17.5 Å². The molecule has 4 N–H and O–H groups in total. The minimum Gasteiger partial charge on any atom is -0.373 e. The Hall–Kier alpha value is -1.78. The van der Waals surface area contributed by atoms with Crippen LogP contribution >= 0.6 is 0 Å². The van der Waals surface area contributed by atoms with Crippen molar-refractivity contribution in [2.45, 2.75) is 19.3 Å². The summed E-state index contributed by atoms with van der Waals surface area (Å²) >= 11 is 0. The molecule has 5 nitrogen and oxygen atoms in total. The van der Waals surface area contributed by atoms with Gasteiger partial charge in [0.2, 0.25) is 5.91 Å². The second-order valence-electron chi connectivity index (χ2n) is 3.51. The van der Waals surface area contributed by atoms with Crippen LogP contribution in [0.2, 0.25) is 0 Å². The van der Waals surface area contributed by atoms with E-state index in [1.807, 2.05) is 25.2 Å². The highest BCUT2D eigenvalue weighted by atomic mass is 16.1. The van der Waals surface area contributed by atoms with Crippen LogP contribution in [0.25, 0.3) is 0 Å². The number of amides is 1. The van der Waals surface area contributed by atoms with E-state index in [0.717, 1.165) is 31.0 Å². The largest absolute Gasteiger partial charge is 0.373 e. The molecule has 1 rings (SSSR count). The zero-order valence-corrected chi connectivity index (χ0v) is 9.49. The third kappa shape index (κ3) is 4.63. The maximum Gasteiger partial charge on any atom is 0.217 e. The zero-order chi connectivity index (χ0) is 11.8. The first-order chi connectivity index (χ1) is 7.72. The molecule has 1 aromatic rings. The van der Waals surface area contributed by atoms with E-state index in [0.29, 0.717) is 6.42 Å². The van der Waals surface area contributed by atoms with Crippen LogP contribution in [0.1, 0.15) is 19.3 Å². The highest BCUT2D eigenvalue weighted by Gasteiger charge is 1.96. The number of nitrogens with two attached hydrogens (primary N) is 1. The topological polar surface area (TPSA) is 80.0 Å². The summed E-state index contributed by atoms with van der Waals surface area (Å²) in [5.74, 6) is 1.43. The molecule has 0 saturated carbocycles. The molecule has 0 radical (unpaired) electrons. The molecule has 0 aliphatic heterocycles. The molecule has 0 aliphatic rings. The summed E-state index contributed by atoms with van der Waals surface area (Å²) in [6.45, 7) is 0.799. The van der Waals surface area contributed by atoms with Gasteiger partial charge in [0.15, 0.2) is 0 Å². The molecule has 0 atom stereocenters. The monoisotopic (exact) mass is 222 g/mol. The van der Waals surface area contributed by atoms with E-state index >= 15 is 0 Å². The fourth-order valence-electron chi connectivity index (χ4n) is 1.31. The Morgan fingerprint density at radius 2 is 2.12 bits per heavy atom. The third-order valence-electron chi connectivity index (χ3n) is 2.16. The molecule has 0 unspecified atom stereocenters. The molecule has 0 aromatic carbocycles. The normalized spacial score (nSPS) is 9.81. The number of carbonyl (C=O) groups is 1. The molecule has 16 heavy (non-hydrogen) atoms. The SMILES string of the molecule is CNc1cccc(NCCCCC(N)=O)n1. The molecule has 0 bridgehead atoms. The molecule has 88 valence electrons.